The molecule has 20 heavy (non-hydrogen) atoms. The summed E-state index contributed by atoms with van der Waals surface area (Å²) < 4.78 is 7.92. The van der Waals surface area contributed by atoms with Gasteiger partial charge in [-0.15, -0.1) is 0 Å². The molecule has 1 unspecified atom stereocenters. The van der Waals surface area contributed by atoms with Crippen LogP contribution in [-0.2, 0) is 6.54 Å². The molecule has 1 aliphatic heterocycles. The Morgan fingerprint density at radius 3 is 2.80 bits per heavy atom. The minimum absolute atomic E-state index is 0.343. The summed E-state index contributed by atoms with van der Waals surface area (Å²) >= 11 is 7.04. The summed E-state index contributed by atoms with van der Waals surface area (Å²) in [6.45, 7) is 1.63. The molecule has 0 radical (unpaired) electrons. The molecule has 0 bridgehead atoms. The molecule has 4 heteroatoms. The summed E-state index contributed by atoms with van der Waals surface area (Å²) in [5.41, 5.74) is 2.52. The Morgan fingerprint density at radius 1 is 1.10 bits per heavy atom. The first-order valence-electron chi connectivity index (χ1n) is 6.62. The lowest BCUT2D eigenvalue weighted by molar-refractivity contribution is 0.252. The van der Waals surface area contributed by atoms with Crippen LogP contribution in [0.5, 0.6) is 5.75 Å². The second kappa shape index (κ2) is 6.29. The van der Waals surface area contributed by atoms with Crippen LogP contribution in [0.3, 0.4) is 0 Å². The molecule has 2 aromatic carbocycles. The molecule has 0 amide bonds. The van der Waals surface area contributed by atoms with Crippen LogP contribution in [0.1, 0.15) is 23.6 Å². The van der Waals surface area contributed by atoms with Gasteiger partial charge in [0, 0.05) is 33.5 Å². The molecule has 1 atom stereocenters. The fourth-order valence-electron chi connectivity index (χ4n) is 2.47. The molecule has 1 aliphatic rings. The van der Waals surface area contributed by atoms with Crippen LogP contribution < -0.4 is 10.1 Å². The van der Waals surface area contributed by atoms with Crippen molar-refractivity contribution in [3.8, 4) is 5.75 Å². The summed E-state index contributed by atoms with van der Waals surface area (Å²) in [5.74, 6) is 0.992. The Bertz CT molecular complexity index is 615. The van der Waals surface area contributed by atoms with Crippen molar-refractivity contribution >= 4 is 31.9 Å². The zero-order valence-corrected chi connectivity index (χ0v) is 14.1. The highest BCUT2D eigenvalue weighted by atomic mass is 79.9. The maximum Gasteiger partial charge on any atom is 0.124 e. The van der Waals surface area contributed by atoms with Gasteiger partial charge in [0.05, 0.1) is 6.61 Å². The van der Waals surface area contributed by atoms with Gasteiger partial charge < -0.3 is 10.1 Å². The highest BCUT2D eigenvalue weighted by Gasteiger charge is 2.21. The van der Waals surface area contributed by atoms with Crippen molar-refractivity contribution in [3.63, 3.8) is 0 Å². The van der Waals surface area contributed by atoms with Gasteiger partial charge in [-0.05, 0) is 35.9 Å². The standard InChI is InChI=1S/C16H15Br2NO/c17-12-3-1-2-11(8-12)10-19-15-6-7-20-16-5-4-13(18)9-14(15)16/h1-5,8-9,15,19H,6-7,10H2. The molecule has 0 fully saturated rings. The van der Waals surface area contributed by atoms with Crippen LogP contribution in [0.25, 0.3) is 0 Å². The van der Waals surface area contributed by atoms with Crippen LogP contribution in [0, 0.1) is 0 Å². The zero-order chi connectivity index (χ0) is 13.9. The van der Waals surface area contributed by atoms with E-state index in [9.17, 15) is 0 Å². The maximum absolute atomic E-state index is 5.71. The number of benzene rings is 2. The fourth-order valence-corrected chi connectivity index (χ4v) is 3.29. The predicted molar refractivity (Wildman–Crippen MR) is 88.0 cm³/mol. The van der Waals surface area contributed by atoms with Crippen molar-refractivity contribution in [3.05, 3.63) is 62.5 Å². The molecule has 0 saturated heterocycles. The molecule has 3 rings (SSSR count). The van der Waals surface area contributed by atoms with Crippen LogP contribution in [0.2, 0.25) is 0 Å². The first-order chi connectivity index (χ1) is 9.72. The van der Waals surface area contributed by atoms with Gasteiger partial charge in [-0.3, -0.25) is 0 Å². The molecule has 1 heterocycles. The van der Waals surface area contributed by atoms with Crippen LogP contribution in [-0.4, -0.2) is 6.61 Å². The quantitative estimate of drug-likeness (QED) is 0.802. The fraction of sp³-hybridized carbons (Fsp3) is 0.250. The highest BCUT2D eigenvalue weighted by molar-refractivity contribution is 9.10. The Morgan fingerprint density at radius 2 is 1.95 bits per heavy atom. The van der Waals surface area contributed by atoms with Gasteiger partial charge in [0.2, 0.25) is 0 Å². The van der Waals surface area contributed by atoms with Crippen LogP contribution in [0.4, 0.5) is 0 Å². The van der Waals surface area contributed by atoms with Gasteiger partial charge in [0.15, 0.2) is 0 Å². The van der Waals surface area contributed by atoms with E-state index in [1.807, 2.05) is 18.2 Å². The summed E-state index contributed by atoms with van der Waals surface area (Å²) in [5, 5.41) is 3.63. The van der Waals surface area contributed by atoms with Gasteiger partial charge in [-0.1, -0.05) is 44.0 Å². The van der Waals surface area contributed by atoms with Gasteiger partial charge >= 0.3 is 0 Å². The number of nitrogens with one attached hydrogen (secondary N) is 1. The van der Waals surface area contributed by atoms with E-state index in [0.717, 1.165) is 34.3 Å². The summed E-state index contributed by atoms with van der Waals surface area (Å²) in [6, 6.07) is 14.9. The first kappa shape index (κ1) is 14.1. The lowest BCUT2D eigenvalue weighted by Crippen LogP contribution is -2.26. The number of ether oxygens (including phenoxy) is 1. The SMILES string of the molecule is Brc1cccc(CNC2CCOc3ccc(Br)cc32)c1. The van der Waals surface area contributed by atoms with Crippen LogP contribution in [0.15, 0.2) is 51.4 Å². The zero-order valence-electron chi connectivity index (χ0n) is 10.9. The van der Waals surface area contributed by atoms with E-state index in [2.05, 4.69) is 61.4 Å². The van der Waals surface area contributed by atoms with Crippen LogP contribution >= 0.6 is 31.9 Å². The van der Waals surface area contributed by atoms with Crippen molar-refractivity contribution in [1.29, 1.82) is 0 Å². The van der Waals surface area contributed by atoms with E-state index in [-0.39, 0.29) is 0 Å². The Balaban J connectivity index is 1.75. The lowest BCUT2D eigenvalue weighted by atomic mass is 10.0. The van der Waals surface area contributed by atoms with Crippen molar-refractivity contribution in [2.45, 2.75) is 19.0 Å². The minimum Gasteiger partial charge on any atom is -0.493 e. The molecule has 0 aliphatic carbocycles. The molecule has 0 saturated carbocycles. The van der Waals surface area contributed by atoms with Gasteiger partial charge in [0.1, 0.15) is 5.75 Å². The normalized spacial score (nSPS) is 17.4. The topological polar surface area (TPSA) is 21.3 Å². The average molecular weight is 397 g/mol. The van der Waals surface area contributed by atoms with Crippen molar-refractivity contribution in [2.24, 2.45) is 0 Å². The van der Waals surface area contributed by atoms with E-state index in [4.69, 9.17) is 4.74 Å². The molecular weight excluding hydrogens is 382 g/mol. The summed E-state index contributed by atoms with van der Waals surface area (Å²) in [4.78, 5) is 0. The van der Waals surface area contributed by atoms with E-state index >= 15 is 0 Å². The third-order valence-electron chi connectivity index (χ3n) is 3.45. The number of halogens is 2. The van der Waals surface area contributed by atoms with E-state index in [1.54, 1.807) is 0 Å². The van der Waals surface area contributed by atoms with E-state index in [1.165, 1.54) is 11.1 Å². The molecule has 0 spiro atoms. The van der Waals surface area contributed by atoms with Crippen molar-refractivity contribution in [1.82, 2.24) is 5.32 Å². The number of rotatable bonds is 3. The van der Waals surface area contributed by atoms with Crippen molar-refractivity contribution in [2.75, 3.05) is 6.61 Å². The molecule has 104 valence electrons. The maximum atomic E-state index is 5.71. The second-order valence-corrected chi connectivity index (χ2v) is 6.71. The molecular formula is C16H15Br2NO. The van der Waals surface area contributed by atoms with Gasteiger partial charge in [-0.25, -0.2) is 0 Å². The summed E-state index contributed by atoms with van der Waals surface area (Å²) in [7, 11) is 0. The van der Waals surface area contributed by atoms with E-state index < -0.39 is 0 Å². The lowest BCUT2D eigenvalue weighted by Gasteiger charge is -2.27. The first-order valence-corrected chi connectivity index (χ1v) is 8.21. The molecule has 0 aromatic heterocycles. The third kappa shape index (κ3) is 3.25. The smallest absolute Gasteiger partial charge is 0.124 e. The van der Waals surface area contributed by atoms with Gasteiger partial charge in [0.25, 0.3) is 0 Å². The monoisotopic (exact) mass is 395 g/mol. The number of hydrogen-bond donors (Lipinski definition) is 1. The Labute approximate surface area is 135 Å². The largest absolute Gasteiger partial charge is 0.493 e. The molecule has 2 aromatic rings. The highest BCUT2D eigenvalue weighted by Crippen LogP contribution is 2.34. The van der Waals surface area contributed by atoms with E-state index in [0.29, 0.717) is 6.04 Å². The second-order valence-electron chi connectivity index (χ2n) is 4.88. The molecule has 1 N–H and O–H groups in total. The minimum atomic E-state index is 0.343. The summed E-state index contributed by atoms with van der Waals surface area (Å²) in [6.07, 6.45) is 0.997. The number of hydrogen-bond acceptors (Lipinski definition) is 2. The predicted octanol–water partition coefficient (Wildman–Crippen LogP) is 4.83. The van der Waals surface area contributed by atoms with Crippen molar-refractivity contribution < 1.29 is 4.74 Å². The number of fused-ring (bicyclic) bond motifs is 1. The molecule has 2 nitrogen and oxygen atoms in total. The average Bonchev–Trinajstić information content (AvgIpc) is 2.45. The third-order valence-corrected chi connectivity index (χ3v) is 4.44. The van der Waals surface area contributed by atoms with Gasteiger partial charge in [-0.2, -0.15) is 0 Å². The Hall–Kier alpha value is -0.840. The Kier molecular flexibility index (Phi) is 4.44.